The highest BCUT2D eigenvalue weighted by Gasteiger charge is 2.34. The second-order valence-electron chi connectivity index (χ2n) is 5.60. The van der Waals surface area contributed by atoms with Crippen molar-refractivity contribution in [2.75, 3.05) is 18.8 Å². The number of thiocarbonyl (C=S) groups is 1. The summed E-state index contributed by atoms with van der Waals surface area (Å²) in [5.41, 5.74) is 1.31. The van der Waals surface area contributed by atoms with E-state index in [2.05, 4.69) is 15.9 Å². The number of thioether (sulfide) groups is 1. The number of carbonyl (C=O) groups is 1. The number of phenolic OH excluding ortho intramolecular Hbond substituents is 1. The molecule has 0 spiro atoms. The van der Waals surface area contributed by atoms with Crippen molar-refractivity contribution in [2.45, 2.75) is 0 Å². The number of rotatable bonds is 3. The second-order valence-corrected chi connectivity index (χ2v) is 8.13. The third-order valence-electron chi connectivity index (χ3n) is 3.99. The molecular formula is C18H12BrNO5S2. The first-order valence-corrected chi connectivity index (χ1v) is 9.74. The van der Waals surface area contributed by atoms with Gasteiger partial charge in [0.15, 0.2) is 27.3 Å². The summed E-state index contributed by atoms with van der Waals surface area (Å²) in [5.74, 6) is 1.31. The van der Waals surface area contributed by atoms with Crippen LogP contribution in [0.3, 0.4) is 0 Å². The van der Waals surface area contributed by atoms with Gasteiger partial charge in [-0.1, -0.05) is 39.9 Å². The van der Waals surface area contributed by atoms with Crippen molar-refractivity contribution in [3.05, 3.63) is 45.3 Å². The van der Waals surface area contributed by atoms with Crippen molar-refractivity contribution in [2.24, 2.45) is 0 Å². The van der Waals surface area contributed by atoms with Crippen LogP contribution in [-0.2, 0) is 4.79 Å². The summed E-state index contributed by atoms with van der Waals surface area (Å²) >= 11 is 9.99. The topological polar surface area (TPSA) is 68.2 Å². The molecule has 0 aliphatic carbocycles. The molecule has 0 bridgehead atoms. The van der Waals surface area contributed by atoms with Gasteiger partial charge in [-0.25, -0.2) is 0 Å². The Hall–Kier alpha value is -2.23. The predicted octanol–water partition coefficient (Wildman–Crippen LogP) is 4.30. The molecule has 4 rings (SSSR count). The van der Waals surface area contributed by atoms with Gasteiger partial charge in [0.25, 0.3) is 5.91 Å². The fourth-order valence-corrected chi connectivity index (χ4v) is 4.42. The van der Waals surface area contributed by atoms with Gasteiger partial charge in [0, 0.05) is 10.5 Å². The molecule has 6 nitrogen and oxygen atoms in total. The highest BCUT2D eigenvalue weighted by molar-refractivity contribution is 9.10. The van der Waals surface area contributed by atoms with Gasteiger partial charge in [-0.3, -0.25) is 9.69 Å². The number of carbonyl (C=O) groups excluding carboxylic acids is 1. The molecule has 1 saturated heterocycles. The molecule has 1 fully saturated rings. The number of halogens is 1. The summed E-state index contributed by atoms with van der Waals surface area (Å²) in [5, 5.41) is 9.84. The maximum Gasteiger partial charge on any atom is 0.270 e. The van der Waals surface area contributed by atoms with Crippen molar-refractivity contribution < 1.29 is 24.1 Å². The number of methoxy groups -OCH3 is 1. The molecule has 0 unspecified atom stereocenters. The molecule has 9 heteroatoms. The van der Waals surface area contributed by atoms with Gasteiger partial charge < -0.3 is 19.3 Å². The second kappa shape index (κ2) is 7.06. The lowest BCUT2D eigenvalue weighted by molar-refractivity contribution is -0.113. The molecular weight excluding hydrogens is 454 g/mol. The lowest BCUT2D eigenvalue weighted by atomic mass is 10.2. The molecule has 27 heavy (non-hydrogen) atoms. The minimum atomic E-state index is -0.234. The van der Waals surface area contributed by atoms with Crippen molar-refractivity contribution in [1.82, 2.24) is 0 Å². The van der Waals surface area contributed by atoms with Crippen LogP contribution in [0.5, 0.6) is 23.0 Å². The average Bonchev–Trinajstić information content (AvgIpc) is 3.21. The van der Waals surface area contributed by atoms with E-state index in [0.29, 0.717) is 42.2 Å². The Bertz CT molecular complexity index is 1010. The zero-order valence-corrected chi connectivity index (χ0v) is 17.1. The van der Waals surface area contributed by atoms with Crippen LogP contribution in [0.15, 0.2) is 39.7 Å². The van der Waals surface area contributed by atoms with E-state index >= 15 is 0 Å². The lowest BCUT2D eigenvalue weighted by Gasteiger charge is -2.14. The van der Waals surface area contributed by atoms with E-state index in [4.69, 9.17) is 26.4 Å². The average molecular weight is 466 g/mol. The number of fused-ring (bicyclic) bond motifs is 1. The summed E-state index contributed by atoms with van der Waals surface area (Å²) < 4.78 is 16.9. The molecule has 138 valence electrons. The van der Waals surface area contributed by atoms with Gasteiger partial charge in [-0.2, -0.15) is 0 Å². The van der Waals surface area contributed by atoms with Crippen LogP contribution in [0.4, 0.5) is 5.69 Å². The van der Waals surface area contributed by atoms with E-state index in [0.717, 1.165) is 0 Å². The highest BCUT2D eigenvalue weighted by Crippen LogP contribution is 2.42. The largest absolute Gasteiger partial charge is 0.504 e. The van der Waals surface area contributed by atoms with Gasteiger partial charge in [-0.05, 0) is 35.9 Å². The summed E-state index contributed by atoms with van der Waals surface area (Å²) in [6.07, 6.45) is 1.71. The predicted molar refractivity (Wildman–Crippen MR) is 111 cm³/mol. The van der Waals surface area contributed by atoms with E-state index in [1.807, 2.05) is 0 Å². The van der Waals surface area contributed by atoms with Crippen LogP contribution in [0.25, 0.3) is 6.08 Å². The Morgan fingerprint density at radius 2 is 2.07 bits per heavy atom. The van der Waals surface area contributed by atoms with E-state index in [1.54, 1.807) is 30.3 Å². The number of nitrogens with zero attached hydrogens (tertiary/aromatic N) is 1. The van der Waals surface area contributed by atoms with E-state index < -0.39 is 0 Å². The van der Waals surface area contributed by atoms with Crippen LogP contribution in [0.2, 0.25) is 0 Å². The van der Waals surface area contributed by atoms with Crippen LogP contribution in [-0.4, -0.2) is 29.2 Å². The fourth-order valence-electron chi connectivity index (χ4n) is 2.69. The summed E-state index contributed by atoms with van der Waals surface area (Å²) in [6.45, 7) is 0.161. The molecule has 1 N–H and O–H groups in total. The third kappa shape index (κ3) is 3.26. The third-order valence-corrected chi connectivity index (χ3v) is 5.98. The number of amides is 1. The Morgan fingerprint density at radius 1 is 1.30 bits per heavy atom. The number of anilines is 1. The molecule has 2 aliphatic heterocycles. The lowest BCUT2D eigenvalue weighted by Crippen LogP contribution is -2.27. The molecule has 0 aromatic heterocycles. The van der Waals surface area contributed by atoms with Gasteiger partial charge >= 0.3 is 0 Å². The maximum absolute atomic E-state index is 12.9. The van der Waals surface area contributed by atoms with Crippen LogP contribution < -0.4 is 19.1 Å². The van der Waals surface area contributed by atoms with Crippen molar-refractivity contribution in [3.8, 4) is 23.0 Å². The zero-order chi connectivity index (χ0) is 19.1. The molecule has 1 amide bonds. The van der Waals surface area contributed by atoms with Crippen molar-refractivity contribution in [3.63, 3.8) is 0 Å². The normalized spacial score (nSPS) is 17.1. The number of hydrogen-bond acceptors (Lipinski definition) is 7. The molecule has 0 saturated carbocycles. The first-order chi connectivity index (χ1) is 13.0. The summed E-state index contributed by atoms with van der Waals surface area (Å²) in [7, 11) is 1.46. The standard InChI is InChI=1S/C18H12BrNO5S2/c1-23-14-4-9(11(19)7-12(14)21)5-16-17(22)20(18(26)27-16)10-2-3-13-15(6-10)25-8-24-13/h2-7,21H,8H2,1H3/b16-5+. The zero-order valence-electron chi connectivity index (χ0n) is 13.9. The highest BCUT2D eigenvalue weighted by atomic mass is 79.9. The van der Waals surface area contributed by atoms with E-state index in [1.165, 1.54) is 29.8 Å². The number of phenols is 1. The smallest absolute Gasteiger partial charge is 0.270 e. The Kier molecular flexibility index (Phi) is 4.75. The Morgan fingerprint density at radius 3 is 2.85 bits per heavy atom. The molecule has 2 aromatic rings. The minimum Gasteiger partial charge on any atom is -0.504 e. The van der Waals surface area contributed by atoms with Crippen LogP contribution in [0, 0.1) is 0 Å². The van der Waals surface area contributed by atoms with E-state index in [-0.39, 0.29) is 18.4 Å². The molecule has 2 heterocycles. The molecule has 2 aromatic carbocycles. The quantitative estimate of drug-likeness (QED) is 0.535. The van der Waals surface area contributed by atoms with Crippen LogP contribution >= 0.6 is 39.9 Å². The summed E-state index contributed by atoms with van der Waals surface area (Å²) in [4.78, 5) is 14.9. The van der Waals surface area contributed by atoms with Gasteiger partial charge in [0.1, 0.15) is 0 Å². The Labute approximate surface area is 172 Å². The van der Waals surface area contributed by atoms with Gasteiger partial charge in [0.05, 0.1) is 17.7 Å². The SMILES string of the molecule is COc1cc(/C=C2/SC(=S)N(c3ccc4c(c3)OCO4)C2=O)c(Br)cc1O. The number of benzene rings is 2. The number of hydrogen-bond donors (Lipinski definition) is 1. The van der Waals surface area contributed by atoms with Gasteiger partial charge in [-0.15, -0.1) is 0 Å². The van der Waals surface area contributed by atoms with E-state index in [9.17, 15) is 9.90 Å². The number of ether oxygens (including phenoxy) is 3. The maximum atomic E-state index is 12.9. The van der Waals surface area contributed by atoms with Gasteiger partial charge in [0.2, 0.25) is 6.79 Å². The van der Waals surface area contributed by atoms with Crippen LogP contribution in [0.1, 0.15) is 5.56 Å². The molecule has 0 radical (unpaired) electrons. The van der Waals surface area contributed by atoms with Crippen molar-refractivity contribution >= 4 is 61.9 Å². The molecule has 2 aliphatic rings. The van der Waals surface area contributed by atoms with Crippen molar-refractivity contribution in [1.29, 1.82) is 0 Å². The summed E-state index contributed by atoms with van der Waals surface area (Å²) in [6, 6.07) is 8.41. The minimum absolute atomic E-state index is 0.00873. The fraction of sp³-hybridized carbons (Fsp3) is 0.111. The first kappa shape index (κ1) is 18.1. The number of aromatic hydroxyl groups is 1. The first-order valence-electron chi connectivity index (χ1n) is 7.72. The molecule has 0 atom stereocenters. The Balaban J connectivity index is 1.68. The monoisotopic (exact) mass is 465 g/mol.